The Morgan fingerprint density at radius 3 is 2.79 bits per heavy atom. The van der Waals surface area contributed by atoms with Crippen molar-refractivity contribution in [1.82, 2.24) is 9.55 Å². The number of primary amides is 1. The van der Waals surface area contributed by atoms with Crippen LogP contribution in [0.3, 0.4) is 0 Å². The van der Waals surface area contributed by atoms with Crippen molar-refractivity contribution in [3.8, 4) is 6.07 Å². The van der Waals surface area contributed by atoms with Crippen molar-refractivity contribution in [2.75, 3.05) is 0 Å². The molecule has 0 spiro atoms. The molecule has 6 nitrogen and oxygen atoms in total. The van der Waals surface area contributed by atoms with Gasteiger partial charge in [0.2, 0.25) is 0 Å². The molecular weight excluding hydrogens is 439 g/mol. The third kappa shape index (κ3) is 4.42. The molecule has 2 aromatic rings. The second kappa shape index (κ2) is 8.39. The molecule has 0 saturated heterocycles. The molecule has 0 bridgehead atoms. The van der Waals surface area contributed by atoms with Gasteiger partial charge in [-0.05, 0) is 54.1 Å². The molecule has 8 heteroatoms. The summed E-state index contributed by atoms with van der Waals surface area (Å²) >= 11 is 3.76. The van der Waals surface area contributed by atoms with Crippen molar-refractivity contribution in [3.05, 3.63) is 38.9 Å². The Balaban J connectivity index is 2.40. The van der Waals surface area contributed by atoms with E-state index in [1.165, 1.54) is 0 Å². The lowest BCUT2D eigenvalue weighted by Gasteiger charge is -2.10. The van der Waals surface area contributed by atoms with E-state index >= 15 is 0 Å². The van der Waals surface area contributed by atoms with Crippen LogP contribution in [0.1, 0.15) is 30.9 Å². The number of ether oxygens (including phenoxy) is 1. The van der Waals surface area contributed by atoms with Crippen LogP contribution >= 0.6 is 34.4 Å². The van der Waals surface area contributed by atoms with Crippen molar-refractivity contribution in [2.45, 2.75) is 43.3 Å². The summed E-state index contributed by atoms with van der Waals surface area (Å²) in [6.07, 6.45) is -0.0577. The van der Waals surface area contributed by atoms with Crippen molar-refractivity contribution < 1.29 is 9.53 Å². The van der Waals surface area contributed by atoms with E-state index in [4.69, 9.17) is 15.7 Å². The minimum Gasteiger partial charge on any atom is -0.442 e. The fourth-order valence-corrected chi connectivity index (χ4v) is 4.38. The average molecular weight is 456 g/mol. The van der Waals surface area contributed by atoms with Gasteiger partial charge in [-0.3, -0.25) is 0 Å². The lowest BCUT2D eigenvalue weighted by Crippen LogP contribution is -2.15. The van der Waals surface area contributed by atoms with Gasteiger partial charge in [-0.2, -0.15) is 5.26 Å². The Morgan fingerprint density at radius 1 is 1.46 bits per heavy atom. The van der Waals surface area contributed by atoms with Gasteiger partial charge in [-0.15, -0.1) is 0 Å². The van der Waals surface area contributed by atoms with Crippen molar-refractivity contribution in [3.63, 3.8) is 0 Å². The number of hydrogen-bond donors (Lipinski definition) is 1. The first-order chi connectivity index (χ1) is 11.5. The molecule has 2 rings (SSSR count). The standard InChI is InChI=1S/C16H17IN4O2S/c1-3-13-15(21(4-2)14(20-13)9-23-16(19)22)24-12-6-10(8-18)5-11(17)7-12/h5-7H,3-4,9H2,1-2H3,(H2,19,22). The summed E-state index contributed by atoms with van der Waals surface area (Å²) < 4.78 is 7.91. The summed E-state index contributed by atoms with van der Waals surface area (Å²) in [5.41, 5.74) is 6.61. The Morgan fingerprint density at radius 2 is 2.21 bits per heavy atom. The maximum absolute atomic E-state index is 10.9. The van der Waals surface area contributed by atoms with Crippen LogP contribution < -0.4 is 5.73 Å². The first-order valence-corrected chi connectivity index (χ1v) is 9.27. The van der Waals surface area contributed by atoms with Crippen molar-refractivity contribution in [2.24, 2.45) is 5.73 Å². The number of benzene rings is 1. The number of nitrogens with two attached hydrogens (primary N) is 1. The number of hydrogen-bond acceptors (Lipinski definition) is 5. The van der Waals surface area contributed by atoms with E-state index in [2.05, 4.69) is 33.6 Å². The van der Waals surface area contributed by atoms with Crippen LogP contribution in [0.5, 0.6) is 0 Å². The number of aryl methyl sites for hydroxylation is 1. The van der Waals surface area contributed by atoms with E-state index < -0.39 is 6.09 Å². The molecule has 0 unspecified atom stereocenters. The molecule has 1 amide bonds. The zero-order valence-electron chi connectivity index (χ0n) is 13.4. The summed E-state index contributed by atoms with van der Waals surface area (Å²) in [6.45, 7) is 4.78. The lowest BCUT2D eigenvalue weighted by molar-refractivity contribution is 0.145. The molecular formula is C16H17IN4O2S. The van der Waals surface area contributed by atoms with Gasteiger partial charge < -0.3 is 15.0 Å². The minimum atomic E-state index is -0.816. The Hall–Kier alpha value is -1.73. The van der Waals surface area contributed by atoms with E-state index in [0.29, 0.717) is 17.9 Å². The predicted octanol–water partition coefficient (Wildman–Crippen LogP) is 3.69. The fourth-order valence-electron chi connectivity index (χ4n) is 2.25. The second-order valence-electron chi connectivity index (χ2n) is 4.87. The molecule has 1 aromatic carbocycles. The van der Waals surface area contributed by atoms with Gasteiger partial charge in [0.25, 0.3) is 0 Å². The van der Waals surface area contributed by atoms with Gasteiger partial charge in [0.05, 0.1) is 17.3 Å². The maximum atomic E-state index is 10.9. The highest BCUT2D eigenvalue weighted by Crippen LogP contribution is 2.33. The molecule has 0 atom stereocenters. The normalized spacial score (nSPS) is 10.4. The van der Waals surface area contributed by atoms with Crippen molar-refractivity contribution in [1.29, 1.82) is 5.26 Å². The van der Waals surface area contributed by atoms with Crippen LogP contribution in [0.2, 0.25) is 0 Å². The molecule has 0 saturated carbocycles. The number of nitriles is 1. The summed E-state index contributed by atoms with van der Waals surface area (Å²) in [5.74, 6) is 0.668. The first-order valence-electron chi connectivity index (χ1n) is 7.37. The molecule has 126 valence electrons. The highest BCUT2D eigenvalue weighted by Gasteiger charge is 2.17. The SMILES string of the molecule is CCc1nc(COC(N)=O)n(CC)c1Sc1cc(I)cc(C#N)c1. The third-order valence-corrected chi connectivity index (χ3v) is 5.02. The predicted molar refractivity (Wildman–Crippen MR) is 99.6 cm³/mol. The van der Waals surface area contributed by atoms with E-state index in [1.807, 2.05) is 36.6 Å². The number of nitrogens with zero attached hydrogens (tertiary/aromatic N) is 3. The van der Waals surface area contributed by atoms with Crippen LogP contribution in [0, 0.1) is 14.9 Å². The largest absolute Gasteiger partial charge is 0.442 e. The number of amides is 1. The second-order valence-corrected chi connectivity index (χ2v) is 7.18. The summed E-state index contributed by atoms with van der Waals surface area (Å²) in [4.78, 5) is 16.4. The Labute approximate surface area is 158 Å². The number of rotatable bonds is 6. The van der Waals surface area contributed by atoms with Crippen LogP contribution in [-0.2, 0) is 24.3 Å². The fraction of sp³-hybridized carbons (Fsp3) is 0.312. The van der Waals surface area contributed by atoms with E-state index in [9.17, 15) is 4.79 Å². The van der Waals surface area contributed by atoms with Gasteiger partial charge in [0.1, 0.15) is 10.9 Å². The number of halogens is 1. The van der Waals surface area contributed by atoms with Gasteiger partial charge in [0.15, 0.2) is 6.61 Å². The molecule has 0 aliphatic rings. The van der Waals surface area contributed by atoms with Crippen LogP contribution in [-0.4, -0.2) is 15.6 Å². The van der Waals surface area contributed by atoms with Crippen molar-refractivity contribution >= 4 is 40.4 Å². The smallest absolute Gasteiger partial charge is 0.404 e. The summed E-state index contributed by atoms with van der Waals surface area (Å²) in [6, 6.07) is 7.90. The van der Waals surface area contributed by atoms with Gasteiger partial charge in [-0.1, -0.05) is 18.7 Å². The molecule has 0 fully saturated rings. The van der Waals surface area contributed by atoms with Crippen LogP contribution in [0.15, 0.2) is 28.1 Å². The minimum absolute atomic E-state index is 0.0481. The number of carbonyl (C=O) groups is 1. The summed E-state index contributed by atoms with van der Waals surface area (Å²) in [7, 11) is 0. The molecule has 2 N–H and O–H groups in total. The zero-order chi connectivity index (χ0) is 17.7. The molecule has 0 aliphatic carbocycles. The molecule has 1 aromatic heterocycles. The monoisotopic (exact) mass is 456 g/mol. The lowest BCUT2D eigenvalue weighted by atomic mass is 10.2. The third-order valence-electron chi connectivity index (χ3n) is 3.28. The van der Waals surface area contributed by atoms with E-state index in [1.54, 1.807) is 11.8 Å². The van der Waals surface area contributed by atoms with Crippen LogP contribution in [0.4, 0.5) is 4.79 Å². The quantitative estimate of drug-likeness (QED) is 0.670. The first kappa shape index (κ1) is 18.6. The zero-order valence-corrected chi connectivity index (χ0v) is 16.3. The van der Waals surface area contributed by atoms with Gasteiger partial charge in [-0.25, -0.2) is 9.78 Å². The number of imidazole rings is 1. The van der Waals surface area contributed by atoms with E-state index in [0.717, 1.165) is 25.6 Å². The molecule has 1 heterocycles. The maximum Gasteiger partial charge on any atom is 0.404 e. The number of carbonyl (C=O) groups excluding carboxylic acids is 1. The van der Waals surface area contributed by atoms with Gasteiger partial charge >= 0.3 is 6.09 Å². The van der Waals surface area contributed by atoms with E-state index in [-0.39, 0.29) is 6.61 Å². The highest BCUT2D eigenvalue weighted by atomic mass is 127. The molecule has 0 radical (unpaired) electrons. The Bertz CT molecular complexity index is 798. The molecule has 24 heavy (non-hydrogen) atoms. The van der Waals surface area contributed by atoms with Gasteiger partial charge in [0, 0.05) is 15.0 Å². The topological polar surface area (TPSA) is 93.9 Å². The summed E-state index contributed by atoms with van der Waals surface area (Å²) in [5, 5.41) is 10.1. The van der Waals surface area contributed by atoms with Crippen LogP contribution in [0.25, 0.3) is 0 Å². The Kier molecular flexibility index (Phi) is 6.51. The molecule has 0 aliphatic heterocycles. The highest BCUT2D eigenvalue weighted by molar-refractivity contribution is 14.1. The number of aromatic nitrogens is 2. The average Bonchev–Trinajstić information content (AvgIpc) is 2.88.